The Hall–Kier alpha value is -1.17. The summed E-state index contributed by atoms with van der Waals surface area (Å²) < 4.78 is 39.6. The number of guanidine groups is 1. The predicted molar refractivity (Wildman–Crippen MR) is 110 cm³/mol. The molecule has 146 valence electrons. The summed E-state index contributed by atoms with van der Waals surface area (Å²) >= 11 is 1.84. The van der Waals surface area contributed by atoms with Crippen molar-refractivity contribution in [1.82, 2.24) is 10.6 Å². The van der Waals surface area contributed by atoms with Crippen LogP contribution in [0.15, 0.2) is 17.1 Å². The summed E-state index contributed by atoms with van der Waals surface area (Å²) in [5.41, 5.74) is -0.410. The van der Waals surface area contributed by atoms with E-state index in [1.165, 1.54) is 0 Å². The first-order valence-electron chi connectivity index (χ1n) is 7.88. The summed E-state index contributed by atoms with van der Waals surface area (Å²) in [6, 6.07) is 2.01. The zero-order valence-corrected chi connectivity index (χ0v) is 17.6. The minimum absolute atomic E-state index is 0. The molecule has 26 heavy (non-hydrogen) atoms. The molecule has 1 aliphatic rings. The van der Waals surface area contributed by atoms with Crippen molar-refractivity contribution in [1.29, 1.82) is 0 Å². The zero-order valence-electron chi connectivity index (χ0n) is 14.4. The molecule has 0 bridgehead atoms. The van der Waals surface area contributed by atoms with Gasteiger partial charge in [-0.2, -0.15) is 11.8 Å². The van der Waals surface area contributed by atoms with Crippen molar-refractivity contribution in [3.63, 3.8) is 0 Å². The number of carbonyl (C=O) groups is 1. The van der Waals surface area contributed by atoms with Gasteiger partial charge in [-0.25, -0.2) is 13.2 Å². The number of benzene rings is 1. The molecule has 5 nitrogen and oxygen atoms in total. The van der Waals surface area contributed by atoms with E-state index in [0.717, 1.165) is 31.4 Å². The molecule has 3 N–H and O–H groups in total. The van der Waals surface area contributed by atoms with E-state index in [1.54, 1.807) is 7.05 Å². The van der Waals surface area contributed by atoms with Crippen LogP contribution in [0.1, 0.15) is 19.3 Å². The van der Waals surface area contributed by atoms with Gasteiger partial charge in [-0.3, -0.25) is 9.79 Å². The number of hydrogen-bond donors (Lipinski definition) is 3. The van der Waals surface area contributed by atoms with Crippen LogP contribution < -0.4 is 16.0 Å². The zero-order chi connectivity index (χ0) is 18.4. The Morgan fingerprint density at radius 3 is 2.62 bits per heavy atom. The average Bonchev–Trinajstić information content (AvgIpc) is 3.06. The third-order valence-electron chi connectivity index (χ3n) is 4.01. The van der Waals surface area contributed by atoms with Crippen molar-refractivity contribution < 1.29 is 18.0 Å². The minimum Gasteiger partial charge on any atom is -0.354 e. The van der Waals surface area contributed by atoms with Crippen LogP contribution in [0.25, 0.3) is 0 Å². The van der Waals surface area contributed by atoms with Crippen molar-refractivity contribution in [2.75, 3.05) is 25.2 Å². The van der Waals surface area contributed by atoms with E-state index in [9.17, 15) is 18.0 Å². The van der Waals surface area contributed by atoms with Gasteiger partial charge in [0.2, 0.25) is 5.91 Å². The molecule has 1 fully saturated rings. The maximum Gasteiger partial charge on any atom is 0.243 e. The molecule has 2 rings (SSSR count). The minimum atomic E-state index is -1.62. The van der Waals surface area contributed by atoms with Crippen LogP contribution >= 0.6 is 35.7 Å². The lowest BCUT2D eigenvalue weighted by atomic mass is 10.2. The van der Waals surface area contributed by atoms with Crippen LogP contribution in [0.3, 0.4) is 0 Å². The quantitative estimate of drug-likeness (QED) is 0.251. The van der Waals surface area contributed by atoms with Crippen LogP contribution in [0.4, 0.5) is 18.9 Å². The van der Waals surface area contributed by atoms with E-state index < -0.39 is 29.0 Å². The van der Waals surface area contributed by atoms with Crippen LogP contribution in [0.2, 0.25) is 0 Å². The number of amides is 1. The first-order chi connectivity index (χ1) is 11.9. The molecule has 0 spiro atoms. The summed E-state index contributed by atoms with van der Waals surface area (Å²) in [5, 5.41) is 8.88. The number of thioether (sulfide) groups is 1. The maximum atomic E-state index is 13.5. The van der Waals surface area contributed by atoms with E-state index in [1.807, 2.05) is 11.8 Å². The molecule has 0 aromatic heterocycles. The Labute approximate surface area is 172 Å². The molecule has 0 radical (unpaired) electrons. The Morgan fingerprint density at radius 1 is 1.27 bits per heavy atom. The highest BCUT2D eigenvalue weighted by Gasteiger charge is 2.24. The lowest BCUT2D eigenvalue weighted by molar-refractivity contribution is -0.115. The van der Waals surface area contributed by atoms with E-state index in [-0.39, 0.29) is 36.6 Å². The standard InChI is InChI=1S/C16H21F3N4OS.HI/c1-20-16(22-9-3-4-10(7-9)25-2)21-8-13(24)23-12-6-5-11(17)14(18)15(12)19;/h5-6,9-10H,3-4,7-8H2,1-2H3,(H,23,24)(H2,20,21,22);1H. The fraction of sp³-hybridized carbons (Fsp3) is 0.500. The molecule has 0 heterocycles. The largest absolute Gasteiger partial charge is 0.354 e. The SMILES string of the molecule is CN=C(NCC(=O)Nc1ccc(F)c(F)c1F)NC1CCC(SC)C1.I. The van der Waals surface area contributed by atoms with Crippen molar-refractivity contribution >= 4 is 53.3 Å². The second-order valence-electron chi connectivity index (χ2n) is 5.71. The molecule has 1 aliphatic carbocycles. The number of carbonyl (C=O) groups excluding carboxylic acids is 1. The van der Waals surface area contributed by atoms with Gasteiger partial charge < -0.3 is 16.0 Å². The normalized spacial score (nSPS) is 19.7. The summed E-state index contributed by atoms with van der Waals surface area (Å²) in [4.78, 5) is 15.9. The van der Waals surface area contributed by atoms with Gasteiger partial charge in [-0.15, -0.1) is 24.0 Å². The third-order valence-corrected chi connectivity index (χ3v) is 5.10. The lowest BCUT2D eigenvalue weighted by Gasteiger charge is -2.17. The molecule has 1 aromatic rings. The van der Waals surface area contributed by atoms with Crippen LogP contribution in [0.5, 0.6) is 0 Å². The lowest BCUT2D eigenvalue weighted by Crippen LogP contribution is -2.45. The third kappa shape index (κ3) is 6.22. The number of aliphatic imine (C=N–C) groups is 1. The van der Waals surface area contributed by atoms with Crippen molar-refractivity contribution in [2.24, 2.45) is 4.99 Å². The summed E-state index contributed by atoms with van der Waals surface area (Å²) in [6.45, 7) is -0.184. The second-order valence-corrected chi connectivity index (χ2v) is 6.85. The average molecular weight is 502 g/mol. The fourth-order valence-electron chi connectivity index (χ4n) is 2.65. The van der Waals surface area contributed by atoms with E-state index in [4.69, 9.17) is 0 Å². The molecule has 1 amide bonds. The van der Waals surface area contributed by atoms with Crippen molar-refractivity contribution in [2.45, 2.75) is 30.6 Å². The van der Waals surface area contributed by atoms with Crippen molar-refractivity contribution in [3.05, 3.63) is 29.6 Å². The van der Waals surface area contributed by atoms with Crippen LogP contribution in [0, 0.1) is 17.5 Å². The van der Waals surface area contributed by atoms with E-state index in [0.29, 0.717) is 11.2 Å². The molecule has 1 saturated carbocycles. The van der Waals surface area contributed by atoms with E-state index >= 15 is 0 Å². The molecule has 2 unspecified atom stereocenters. The predicted octanol–water partition coefficient (Wildman–Crippen LogP) is 3.11. The van der Waals surface area contributed by atoms with Gasteiger partial charge in [0.05, 0.1) is 12.2 Å². The highest BCUT2D eigenvalue weighted by atomic mass is 127. The smallest absolute Gasteiger partial charge is 0.243 e. The highest BCUT2D eigenvalue weighted by molar-refractivity contribution is 14.0. The van der Waals surface area contributed by atoms with Gasteiger partial charge in [0, 0.05) is 18.3 Å². The summed E-state index contributed by atoms with van der Waals surface area (Å²) in [5.74, 6) is -4.48. The number of halogens is 4. The van der Waals surface area contributed by atoms with Gasteiger partial charge in [0.25, 0.3) is 0 Å². The number of nitrogens with zero attached hydrogens (tertiary/aromatic N) is 1. The second kappa shape index (κ2) is 10.9. The van der Waals surface area contributed by atoms with Gasteiger partial charge in [-0.1, -0.05) is 0 Å². The Morgan fingerprint density at radius 2 is 2.00 bits per heavy atom. The molecule has 0 saturated heterocycles. The van der Waals surface area contributed by atoms with Gasteiger partial charge in [0.1, 0.15) is 0 Å². The van der Waals surface area contributed by atoms with E-state index in [2.05, 4.69) is 27.2 Å². The van der Waals surface area contributed by atoms with Gasteiger partial charge in [-0.05, 0) is 37.7 Å². The molecular weight excluding hydrogens is 480 g/mol. The number of nitrogens with one attached hydrogen (secondary N) is 3. The molecule has 1 aromatic carbocycles. The molecular formula is C16H22F3IN4OS. The first kappa shape index (κ1) is 22.9. The fourth-order valence-corrected chi connectivity index (χ4v) is 3.45. The topological polar surface area (TPSA) is 65.5 Å². The van der Waals surface area contributed by atoms with Crippen molar-refractivity contribution in [3.8, 4) is 0 Å². The Bertz CT molecular complexity index is 663. The molecule has 0 aliphatic heterocycles. The summed E-state index contributed by atoms with van der Waals surface area (Å²) in [7, 11) is 1.59. The monoisotopic (exact) mass is 502 g/mol. The highest BCUT2D eigenvalue weighted by Crippen LogP contribution is 2.28. The van der Waals surface area contributed by atoms with Gasteiger partial charge in [0.15, 0.2) is 23.4 Å². The molecule has 10 heteroatoms. The Kier molecular flexibility index (Phi) is 9.55. The maximum absolute atomic E-state index is 13.5. The number of anilines is 1. The number of rotatable bonds is 5. The first-order valence-corrected chi connectivity index (χ1v) is 9.16. The number of hydrogen-bond acceptors (Lipinski definition) is 3. The van der Waals surface area contributed by atoms with Crippen LogP contribution in [-0.2, 0) is 4.79 Å². The summed E-state index contributed by atoms with van der Waals surface area (Å²) in [6.07, 6.45) is 5.26. The molecule has 2 atom stereocenters. The van der Waals surface area contributed by atoms with Gasteiger partial charge >= 0.3 is 0 Å². The van der Waals surface area contributed by atoms with Crippen LogP contribution in [-0.4, -0.2) is 43.0 Å². The Balaban J connectivity index is 0.00000338.